The minimum absolute atomic E-state index is 0. The molecule has 1 aliphatic rings. The molecule has 0 unspecified atom stereocenters. The summed E-state index contributed by atoms with van der Waals surface area (Å²) in [5, 5.41) is 0. The Morgan fingerprint density at radius 2 is 1.95 bits per heavy atom. The van der Waals surface area contributed by atoms with E-state index in [4.69, 9.17) is 9.47 Å². The second kappa shape index (κ2) is 8.13. The number of allylic oxidation sites excluding steroid dienone is 3. The van der Waals surface area contributed by atoms with Crippen molar-refractivity contribution < 1.29 is 42.2 Å². The van der Waals surface area contributed by atoms with Gasteiger partial charge >= 0.3 is 0 Å². The van der Waals surface area contributed by atoms with Crippen molar-refractivity contribution in [1.82, 2.24) is 4.90 Å². The van der Waals surface area contributed by atoms with E-state index in [1.165, 1.54) is 0 Å². The Morgan fingerprint density at radius 3 is 2.55 bits per heavy atom. The number of nitrogens with zero attached hydrogens (tertiary/aromatic N) is 1. The summed E-state index contributed by atoms with van der Waals surface area (Å²) in [6, 6.07) is 7.80. The minimum Gasteiger partial charge on any atom is -0.468 e. The zero-order valence-electron chi connectivity index (χ0n) is 11.5. The van der Waals surface area contributed by atoms with E-state index < -0.39 is 0 Å². The van der Waals surface area contributed by atoms with Crippen LogP contribution in [-0.2, 0) is 37.4 Å². The van der Waals surface area contributed by atoms with Crippen LogP contribution in [0.3, 0.4) is 0 Å². The Bertz CT molecular complexity index is 537. The van der Waals surface area contributed by atoms with Crippen molar-refractivity contribution in [2.24, 2.45) is 0 Å². The molecule has 3 nitrogen and oxygen atoms in total. The quantitative estimate of drug-likeness (QED) is 0.560. The van der Waals surface area contributed by atoms with Crippen molar-refractivity contribution in [3.05, 3.63) is 58.7 Å². The maximum Gasteiger partial charge on any atom is 0.188 e. The standard InChI is InChI=1S/C15H15BrNO2.Y/c1-11-14(16)8-9-15(17(11)2)12-4-6-13(7-5-12)19-10-18-3;/h4-8H,1,10H2,2-3H3;/q-1;. The van der Waals surface area contributed by atoms with Gasteiger partial charge in [0.05, 0.1) is 0 Å². The van der Waals surface area contributed by atoms with Gasteiger partial charge in [0.25, 0.3) is 0 Å². The fourth-order valence-electron chi connectivity index (χ4n) is 1.72. The molecule has 0 saturated heterocycles. The average molecular weight is 410 g/mol. The molecule has 20 heavy (non-hydrogen) atoms. The van der Waals surface area contributed by atoms with Crippen molar-refractivity contribution in [1.29, 1.82) is 0 Å². The number of likely N-dealkylation sites (N-methyl/N-ethyl adjacent to an activating group) is 1. The summed E-state index contributed by atoms with van der Waals surface area (Å²) in [6.45, 7) is 4.27. The van der Waals surface area contributed by atoms with Gasteiger partial charge < -0.3 is 14.4 Å². The number of methoxy groups -OCH3 is 1. The molecule has 0 spiro atoms. The molecule has 1 aliphatic heterocycles. The molecule has 0 aliphatic carbocycles. The van der Waals surface area contributed by atoms with Gasteiger partial charge in [0, 0.05) is 46.9 Å². The largest absolute Gasteiger partial charge is 0.468 e. The van der Waals surface area contributed by atoms with Gasteiger partial charge in [-0.25, -0.2) is 0 Å². The number of ether oxygens (including phenoxy) is 2. The summed E-state index contributed by atoms with van der Waals surface area (Å²) >= 11 is 3.44. The zero-order chi connectivity index (χ0) is 13.8. The predicted molar refractivity (Wildman–Crippen MR) is 79.5 cm³/mol. The third kappa shape index (κ3) is 4.04. The van der Waals surface area contributed by atoms with Crippen LogP contribution in [-0.4, -0.2) is 25.9 Å². The van der Waals surface area contributed by atoms with Gasteiger partial charge in [-0.1, -0.05) is 22.3 Å². The summed E-state index contributed by atoms with van der Waals surface area (Å²) in [6.07, 6.45) is 5.12. The Hall–Kier alpha value is -0.416. The zero-order valence-corrected chi connectivity index (χ0v) is 15.9. The molecule has 1 aromatic carbocycles. The second-order valence-electron chi connectivity index (χ2n) is 4.07. The maximum absolute atomic E-state index is 5.36. The fraction of sp³-hybridized carbons (Fsp3) is 0.200. The van der Waals surface area contributed by atoms with E-state index in [0.717, 1.165) is 27.2 Å². The second-order valence-corrected chi connectivity index (χ2v) is 4.92. The van der Waals surface area contributed by atoms with Gasteiger partial charge in [-0.05, 0) is 17.8 Å². The van der Waals surface area contributed by atoms with E-state index in [-0.39, 0.29) is 39.5 Å². The van der Waals surface area contributed by atoms with Crippen LogP contribution in [0.4, 0.5) is 0 Å². The van der Waals surface area contributed by atoms with Crippen LogP contribution >= 0.6 is 15.9 Å². The summed E-state index contributed by atoms with van der Waals surface area (Å²) in [5.74, 6) is 0.778. The Balaban J connectivity index is 0.00000200. The first kappa shape index (κ1) is 17.6. The third-order valence-corrected chi connectivity index (χ3v) is 3.51. The first-order valence-electron chi connectivity index (χ1n) is 5.78. The Morgan fingerprint density at radius 1 is 1.30 bits per heavy atom. The first-order chi connectivity index (χ1) is 9.13. The van der Waals surface area contributed by atoms with E-state index in [2.05, 4.69) is 28.6 Å². The van der Waals surface area contributed by atoms with E-state index in [1.54, 1.807) is 7.11 Å². The van der Waals surface area contributed by atoms with Crippen LogP contribution in [0, 0.1) is 6.08 Å². The molecule has 1 radical (unpaired) electrons. The number of halogens is 1. The van der Waals surface area contributed by atoms with Gasteiger partial charge in [-0.2, -0.15) is 12.2 Å². The van der Waals surface area contributed by atoms with Gasteiger partial charge in [0.2, 0.25) is 0 Å². The topological polar surface area (TPSA) is 21.7 Å². The predicted octanol–water partition coefficient (Wildman–Crippen LogP) is 3.55. The van der Waals surface area contributed by atoms with Crippen molar-refractivity contribution in [3.63, 3.8) is 0 Å². The molecule has 1 aromatic rings. The van der Waals surface area contributed by atoms with E-state index in [1.807, 2.05) is 42.3 Å². The number of hydrogen-bond acceptors (Lipinski definition) is 3. The van der Waals surface area contributed by atoms with Gasteiger partial charge in [0.1, 0.15) is 5.75 Å². The van der Waals surface area contributed by atoms with E-state index in [9.17, 15) is 0 Å². The van der Waals surface area contributed by atoms with Crippen LogP contribution in [0.15, 0.2) is 47.1 Å². The molecule has 0 atom stereocenters. The molecule has 1 heterocycles. The van der Waals surface area contributed by atoms with Crippen LogP contribution in [0.5, 0.6) is 5.75 Å². The smallest absolute Gasteiger partial charge is 0.188 e. The SMILES string of the molecule is C=C1C(Br)=C[C-]=C(c2ccc(OCOC)cc2)N1C.[Y]. The summed E-state index contributed by atoms with van der Waals surface area (Å²) in [5.41, 5.74) is 2.95. The average Bonchev–Trinajstić information content (AvgIpc) is 2.44. The van der Waals surface area contributed by atoms with Crippen LogP contribution in [0.1, 0.15) is 5.56 Å². The van der Waals surface area contributed by atoms with Gasteiger partial charge in [0.15, 0.2) is 6.79 Å². The van der Waals surface area contributed by atoms with E-state index in [0.29, 0.717) is 0 Å². The Labute approximate surface area is 153 Å². The number of hydrogen-bond donors (Lipinski definition) is 0. The summed E-state index contributed by atoms with van der Waals surface area (Å²) < 4.78 is 11.2. The van der Waals surface area contributed by atoms with Crippen molar-refractivity contribution in [2.45, 2.75) is 0 Å². The van der Waals surface area contributed by atoms with Crippen molar-refractivity contribution >= 4 is 21.6 Å². The number of benzene rings is 1. The Kier molecular flexibility index (Phi) is 7.17. The molecule has 2 rings (SSSR count). The number of rotatable bonds is 4. The first-order valence-corrected chi connectivity index (χ1v) is 6.57. The van der Waals surface area contributed by atoms with E-state index >= 15 is 0 Å². The van der Waals surface area contributed by atoms with Crippen LogP contribution < -0.4 is 4.74 Å². The van der Waals surface area contributed by atoms with Crippen LogP contribution in [0.25, 0.3) is 5.70 Å². The molecule has 0 N–H and O–H groups in total. The molecule has 0 amide bonds. The minimum atomic E-state index is 0. The molecular weight excluding hydrogens is 395 g/mol. The van der Waals surface area contributed by atoms with Gasteiger partial charge in [-0.3, -0.25) is 0 Å². The molecule has 0 bridgehead atoms. The maximum atomic E-state index is 5.36. The molecule has 5 heteroatoms. The van der Waals surface area contributed by atoms with Crippen LogP contribution in [0.2, 0.25) is 0 Å². The normalized spacial score (nSPS) is 14.3. The summed E-state index contributed by atoms with van der Waals surface area (Å²) in [7, 11) is 3.56. The molecular formula is C15H15BrNO2Y-. The van der Waals surface area contributed by atoms with Crippen molar-refractivity contribution in [2.75, 3.05) is 21.0 Å². The van der Waals surface area contributed by atoms with Gasteiger partial charge in [-0.15, -0.1) is 28.1 Å². The van der Waals surface area contributed by atoms with Crippen molar-refractivity contribution in [3.8, 4) is 5.75 Å². The third-order valence-electron chi connectivity index (χ3n) is 2.82. The summed E-state index contributed by atoms with van der Waals surface area (Å²) in [4.78, 5) is 2.00. The molecule has 103 valence electrons. The molecule has 0 saturated carbocycles. The monoisotopic (exact) mass is 409 g/mol. The fourth-order valence-corrected chi connectivity index (χ4v) is 2.10. The molecule has 0 aromatic heterocycles. The molecule has 0 fully saturated rings.